The summed E-state index contributed by atoms with van der Waals surface area (Å²) >= 11 is 5.38. The fourth-order valence-corrected chi connectivity index (χ4v) is 3.67. The number of benzene rings is 1. The van der Waals surface area contributed by atoms with Gasteiger partial charge in [0, 0.05) is 26.3 Å². The van der Waals surface area contributed by atoms with Crippen LogP contribution in [0.5, 0.6) is 0 Å². The molecule has 20 heavy (non-hydrogen) atoms. The minimum absolute atomic E-state index is 0.312. The molecule has 0 aliphatic rings. The number of halogens is 1. The smallest absolute Gasteiger partial charge is 0.134 e. The monoisotopic (exact) mass is 346 g/mol. The number of thiophene rings is 1. The van der Waals surface area contributed by atoms with E-state index in [2.05, 4.69) is 62.8 Å². The fraction of sp³-hybridized carbons (Fsp3) is 0.188. The van der Waals surface area contributed by atoms with Crippen LogP contribution in [0.3, 0.4) is 0 Å². The maximum absolute atomic E-state index is 4.52. The van der Waals surface area contributed by atoms with E-state index in [9.17, 15) is 0 Å². The Balaban J connectivity index is 2.00. The van der Waals surface area contributed by atoms with Crippen LogP contribution in [-0.4, -0.2) is 4.98 Å². The van der Waals surface area contributed by atoms with Crippen molar-refractivity contribution in [2.45, 2.75) is 19.4 Å². The zero-order valence-electron chi connectivity index (χ0n) is 11.1. The van der Waals surface area contributed by atoms with Gasteiger partial charge in [0.2, 0.25) is 0 Å². The number of hydrogen-bond acceptors (Lipinski definition) is 3. The number of anilines is 1. The molecule has 2 aromatic heterocycles. The quantitative estimate of drug-likeness (QED) is 0.662. The van der Waals surface area contributed by atoms with Gasteiger partial charge in [0.15, 0.2) is 0 Å². The highest BCUT2D eigenvalue weighted by atomic mass is 79.9. The first kappa shape index (κ1) is 13.6. The molecule has 3 aromatic rings. The van der Waals surface area contributed by atoms with Gasteiger partial charge in [-0.05, 0) is 30.0 Å². The maximum atomic E-state index is 4.52. The molecule has 0 spiro atoms. The Morgan fingerprint density at radius 3 is 2.85 bits per heavy atom. The molecule has 2 nitrogen and oxygen atoms in total. The zero-order chi connectivity index (χ0) is 13.9. The molecule has 0 aliphatic carbocycles. The molecular formula is C16H15BrN2S. The standard InChI is InChI=1S/C16H15BrN2S/c1-2-14(15-7-4-10-20-15)19-16-12-5-3-6-13(17)11(12)8-9-18-16/h3-10,14H,2H2,1H3,(H,18,19). The van der Waals surface area contributed by atoms with E-state index in [0.717, 1.165) is 22.1 Å². The van der Waals surface area contributed by atoms with Gasteiger partial charge < -0.3 is 5.32 Å². The molecule has 3 rings (SSSR count). The normalized spacial score (nSPS) is 12.5. The average Bonchev–Trinajstić information content (AvgIpc) is 2.99. The Morgan fingerprint density at radius 2 is 2.10 bits per heavy atom. The van der Waals surface area contributed by atoms with Crippen molar-refractivity contribution in [2.75, 3.05) is 5.32 Å². The van der Waals surface area contributed by atoms with Crippen molar-refractivity contribution in [1.82, 2.24) is 4.98 Å². The molecule has 1 N–H and O–H groups in total. The molecule has 1 unspecified atom stereocenters. The lowest BCUT2D eigenvalue weighted by molar-refractivity contribution is 0.760. The Labute approximate surface area is 131 Å². The van der Waals surface area contributed by atoms with Crippen LogP contribution in [0.2, 0.25) is 0 Å². The highest BCUT2D eigenvalue weighted by Crippen LogP contribution is 2.31. The van der Waals surface area contributed by atoms with E-state index in [1.165, 1.54) is 10.3 Å². The van der Waals surface area contributed by atoms with Gasteiger partial charge in [0.25, 0.3) is 0 Å². The van der Waals surface area contributed by atoms with Crippen molar-refractivity contribution in [3.63, 3.8) is 0 Å². The van der Waals surface area contributed by atoms with E-state index in [1.54, 1.807) is 11.3 Å². The summed E-state index contributed by atoms with van der Waals surface area (Å²) in [5.41, 5.74) is 0. The number of hydrogen-bond donors (Lipinski definition) is 1. The Kier molecular flexibility index (Phi) is 4.03. The zero-order valence-corrected chi connectivity index (χ0v) is 13.5. The lowest BCUT2D eigenvalue weighted by Crippen LogP contribution is -2.09. The molecule has 2 heterocycles. The number of aromatic nitrogens is 1. The Bertz CT molecular complexity index is 710. The van der Waals surface area contributed by atoms with Crippen LogP contribution in [0.15, 0.2) is 52.4 Å². The van der Waals surface area contributed by atoms with E-state index in [1.807, 2.05) is 18.3 Å². The van der Waals surface area contributed by atoms with Crippen LogP contribution >= 0.6 is 27.3 Å². The third-order valence-electron chi connectivity index (χ3n) is 3.36. The van der Waals surface area contributed by atoms with Crippen molar-refractivity contribution >= 4 is 43.9 Å². The first-order valence-electron chi connectivity index (χ1n) is 6.62. The summed E-state index contributed by atoms with van der Waals surface area (Å²) in [6.07, 6.45) is 2.89. The first-order valence-corrected chi connectivity index (χ1v) is 8.30. The fourth-order valence-electron chi connectivity index (χ4n) is 2.31. The molecule has 0 aliphatic heterocycles. The first-order chi connectivity index (χ1) is 9.79. The minimum atomic E-state index is 0.312. The van der Waals surface area contributed by atoms with Crippen molar-refractivity contribution in [3.05, 3.63) is 57.3 Å². The minimum Gasteiger partial charge on any atom is -0.362 e. The predicted molar refractivity (Wildman–Crippen MR) is 90.4 cm³/mol. The van der Waals surface area contributed by atoms with E-state index >= 15 is 0 Å². The van der Waals surface area contributed by atoms with Crippen molar-refractivity contribution in [3.8, 4) is 0 Å². The van der Waals surface area contributed by atoms with E-state index < -0.39 is 0 Å². The summed E-state index contributed by atoms with van der Waals surface area (Å²) in [4.78, 5) is 5.87. The lowest BCUT2D eigenvalue weighted by atomic mass is 10.1. The van der Waals surface area contributed by atoms with Crippen molar-refractivity contribution < 1.29 is 0 Å². The molecule has 0 saturated carbocycles. The molecule has 0 amide bonds. The molecule has 1 atom stereocenters. The lowest BCUT2D eigenvalue weighted by Gasteiger charge is -2.17. The van der Waals surface area contributed by atoms with Crippen molar-refractivity contribution in [1.29, 1.82) is 0 Å². The summed E-state index contributed by atoms with van der Waals surface area (Å²) in [6, 6.07) is 12.8. The maximum Gasteiger partial charge on any atom is 0.134 e. The van der Waals surface area contributed by atoms with Gasteiger partial charge in [-0.25, -0.2) is 4.98 Å². The van der Waals surface area contributed by atoms with Gasteiger partial charge in [-0.3, -0.25) is 0 Å². The second-order valence-electron chi connectivity index (χ2n) is 4.62. The highest BCUT2D eigenvalue weighted by molar-refractivity contribution is 9.10. The second-order valence-corrected chi connectivity index (χ2v) is 6.45. The molecule has 102 valence electrons. The summed E-state index contributed by atoms with van der Waals surface area (Å²) in [7, 11) is 0. The SMILES string of the molecule is CCC(Nc1nccc2c(Br)cccc12)c1cccs1. The van der Waals surface area contributed by atoms with E-state index in [-0.39, 0.29) is 0 Å². The van der Waals surface area contributed by atoms with Crippen LogP contribution in [0, 0.1) is 0 Å². The summed E-state index contributed by atoms with van der Waals surface area (Å²) in [5.74, 6) is 0.948. The largest absolute Gasteiger partial charge is 0.362 e. The molecule has 0 fully saturated rings. The van der Waals surface area contributed by atoms with Crippen LogP contribution < -0.4 is 5.32 Å². The van der Waals surface area contributed by atoms with Gasteiger partial charge >= 0.3 is 0 Å². The predicted octanol–water partition coefficient (Wildman–Crippen LogP) is 5.62. The van der Waals surface area contributed by atoms with Crippen LogP contribution in [-0.2, 0) is 0 Å². The second kappa shape index (κ2) is 5.94. The topological polar surface area (TPSA) is 24.9 Å². The summed E-state index contributed by atoms with van der Waals surface area (Å²) < 4.78 is 1.10. The van der Waals surface area contributed by atoms with Crippen LogP contribution in [0.25, 0.3) is 10.8 Å². The summed E-state index contributed by atoms with van der Waals surface area (Å²) in [5, 5.41) is 8.03. The number of fused-ring (bicyclic) bond motifs is 1. The molecule has 0 radical (unpaired) electrons. The number of pyridine rings is 1. The van der Waals surface area contributed by atoms with Crippen molar-refractivity contribution in [2.24, 2.45) is 0 Å². The van der Waals surface area contributed by atoms with Gasteiger partial charge in [-0.15, -0.1) is 11.3 Å². The van der Waals surface area contributed by atoms with E-state index in [4.69, 9.17) is 0 Å². The number of nitrogens with one attached hydrogen (secondary N) is 1. The third kappa shape index (κ3) is 2.58. The number of rotatable bonds is 4. The van der Waals surface area contributed by atoms with Crippen LogP contribution in [0.1, 0.15) is 24.3 Å². The summed E-state index contributed by atoms with van der Waals surface area (Å²) in [6.45, 7) is 2.19. The molecular weight excluding hydrogens is 332 g/mol. The van der Waals surface area contributed by atoms with Gasteiger partial charge in [-0.1, -0.05) is 41.1 Å². The highest BCUT2D eigenvalue weighted by Gasteiger charge is 2.12. The average molecular weight is 347 g/mol. The molecule has 4 heteroatoms. The van der Waals surface area contributed by atoms with Crippen LogP contribution in [0.4, 0.5) is 5.82 Å². The van der Waals surface area contributed by atoms with Gasteiger partial charge in [0.1, 0.15) is 5.82 Å². The van der Waals surface area contributed by atoms with Gasteiger partial charge in [-0.2, -0.15) is 0 Å². The molecule has 0 bridgehead atoms. The van der Waals surface area contributed by atoms with E-state index in [0.29, 0.717) is 6.04 Å². The molecule has 0 saturated heterocycles. The number of nitrogens with zero attached hydrogens (tertiary/aromatic N) is 1. The Hall–Kier alpha value is -1.39. The molecule has 1 aromatic carbocycles. The third-order valence-corrected chi connectivity index (χ3v) is 5.04. The Morgan fingerprint density at radius 1 is 1.20 bits per heavy atom. The van der Waals surface area contributed by atoms with Gasteiger partial charge in [0.05, 0.1) is 6.04 Å².